The number of halogens is 1. The van der Waals surface area contributed by atoms with E-state index in [-0.39, 0.29) is 5.91 Å². The number of nitrogens with one attached hydrogen (secondary N) is 2. The van der Waals surface area contributed by atoms with E-state index in [4.69, 9.17) is 11.6 Å². The second-order valence-corrected chi connectivity index (χ2v) is 3.99. The quantitative estimate of drug-likeness (QED) is 0.751. The second kappa shape index (κ2) is 7.25. The summed E-state index contributed by atoms with van der Waals surface area (Å²) in [4.78, 5) is 11.5. The third-order valence-electron chi connectivity index (χ3n) is 2.08. The van der Waals surface area contributed by atoms with Gasteiger partial charge in [-0.05, 0) is 37.2 Å². The van der Waals surface area contributed by atoms with Crippen molar-refractivity contribution >= 4 is 23.2 Å². The van der Waals surface area contributed by atoms with Gasteiger partial charge in [-0.2, -0.15) is 0 Å². The number of rotatable bonds is 6. The highest BCUT2D eigenvalue weighted by Crippen LogP contribution is 2.13. The molecule has 88 valence electrons. The number of carbonyl (C=O) groups excluding carboxylic acids is 1. The van der Waals surface area contributed by atoms with Gasteiger partial charge in [-0.15, -0.1) is 0 Å². The Morgan fingerprint density at radius 3 is 2.56 bits per heavy atom. The SMILES string of the molecule is CCCNCCC(=O)Nc1ccc(Cl)cc1. The summed E-state index contributed by atoms with van der Waals surface area (Å²) in [5.41, 5.74) is 0.782. The minimum atomic E-state index is 0.0194. The van der Waals surface area contributed by atoms with Gasteiger partial charge in [-0.1, -0.05) is 18.5 Å². The Morgan fingerprint density at radius 2 is 1.94 bits per heavy atom. The molecule has 0 atom stereocenters. The van der Waals surface area contributed by atoms with E-state index in [2.05, 4.69) is 17.6 Å². The summed E-state index contributed by atoms with van der Waals surface area (Å²) in [5, 5.41) is 6.66. The van der Waals surface area contributed by atoms with Crippen molar-refractivity contribution < 1.29 is 4.79 Å². The van der Waals surface area contributed by atoms with Crippen LogP contribution in [0.2, 0.25) is 5.02 Å². The number of amides is 1. The molecule has 0 bridgehead atoms. The van der Waals surface area contributed by atoms with E-state index in [0.717, 1.165) is 18.7 Å². The largest absolute Gasteiger partial charge is 0.326 e. The van der Waals surface area contributed by atoms with E-state index in [1.54, 1.807) is 24.3 Å². The highest BCUT2D eigenvalue weighted by molar-refractivity contribution is 6.30. The Morgan fingerprint density at radius 1 is 1.25 bits per heavy atom. The van der Waals surface area contributed by atoms with Crippen LogP contribution in [-0.4, -0.2) is 19.0 Å². The third kappa shape index (κ3) is 5.14. The maximum atomic E-state index is 11.5. The molecule has 1 rings (SSSR count). The van der Waals surface area contributed by atoms with Gasteiger partial charge in [0.1, 0.15) is 0 Å². The summed E-state index contributed by atoms with van der Waals surface area (Å²) in [5.74, 6) is 0.0194. The lowest BCUT2D eigenvalue weighted by molar-refractivity contribution is -0.116. The molecule has 0 fully saturated rings. The van der Waals surface area contributed by atoms with E-state index < -0.39 is 0 Å². The average molecular weight is 241 g/mol. The minimum absolute atomic E-state index is 0.0194. The van der Waals surface area contributed by atoms with Crippen LogP contribution in [0.3, 0.4) is 0 Å². The molecule has 2 N–H and O–H groups in total. The van der Waals surface area contributed by atoms with Crippen molar-refractivity contribution in [3.63, 3.8) is 0 Å². The first-order valence-corrected chi connectivity index (χ1v) is 5.86. The molecule has 0 saturated heterocycles. The van der Waals surface area contributed by atoms with Crippen LogP contribution in [0.25, 0.3) is 0 Å². The predicted octanol–water partition coefficient (Wildman–Crippen LogP) is 2.67. The van der Waals surface area contributed by atoms with Crippen LogP contribution in [0.15, 0.2) is 24.3 Å². The topological polar surface area (TPSA) is 41.1 Å². The van der Waals surface area contributed by atoms with E-state index in [0.29, 0.717) is 18.0 Å². The van der Waals surface area contributed by atoms with Crippen LogP contribution >= 0.6 is 11.6 Å². The normalized spacial score (nSPS) is 10.1. The van der Waals surface area contributed by atoms with E-state index >= 15 is 0 Å². The van der Waals surface area contributed by atoms with Crippen molar-refractivity contribution in [2.24, 2.45) is 0 Å². The Balaban J connectivity index is 2.26. The highest BCUT2D eigenvalue weighted by atomic mass is 35.5. The molecule has 1 aromatic carbocycles. The van der Waals surface area contributed by atoms with E-state index in [1.165, 1.54) is 0 Å². The molecule has 0 aliphatic rings. The van der Waals surface area contributed by atoms with Gasteiger partial charge >= 0.3 is 0 Å². The molecule has 16 heavy (non-hydrogen) atoms. The van der Waals surface area contributed by atoms with E-state index in [9.17, 15) is 4.79 Å². The van der Waals surface area contributed by atoms with Gasteiger partial charge in [0.2, 0.25) is 5.91 Å². The lowest BCUT2D eigenvalue weighted by Gasteiger charge is -2.05. The number of anilines is 1. The number of benzene rings is 1. The molecule has 0 unspecified atom stereocenters. The molecule has 0 saturated carbocycles. The molecule has 4 heteroatoms. The second-order valence-electron chi connectivity index (χ2n) is 3.56. The van der Waals surface area contributed by atoms with Crippen LogP contribution in [0.4, 0.5) is 5.69 Å². The van der Waals surface area contributed by atoms with Crippen LogP contribution in [0, 0.1) is 0 Å². The van der Waals surface area contributed by atoms with Crippen molar-refractivity contribution in [3.05, 3.63) is 29.3 Å². The third-order valence-corrected chi connectivity index (χ3v) is 2.34. The van der Waals surface area contributed by atoms with Crippen LogP contribution < -0.4 is 10.6 Å². The first kappa shape index (κ1) is 13.0. The predicted molar refractivity (Wildman–Crippen MR) is 67.9 cm³/mol. The summed E-state index contributed by atoms with van der Waals surface area (Å²) in [6.45, 7) is 3.77. The van der Waals surface area contributed by atoms with Gasteiger partial charge in [0, 0.05) is 23.7 Å². The molecule has 0 radical (unpaired) electrons. The monoisotopic (exact) mass is 240 g/mol. The highest BCUT2D eigenvalue weighted by Gasteiger charge is 2.01. The number of carbonyl (C=O) groups is 1. The van der Waals surface area contributed by atoms with Crippen molar-refractivity contribution in [2.75, 3.05) is 18.4 Å². The molecule has 0 heterocycles. The molecule has 1 amide bonds. The first-order chi connectivity index (χ1) is 7.72. The lowest BCUT2D eigenvalue weighted by Crippen LogP contribution is -2.22. The molecule has 0 aromatic heterocycles. The summed E-state index contributed by atoms with van der Waals surface area (Å²) in [7, 11) is 0. The smallest absolute Gasteiger partial charge is 0.225 e. The van der Waals surface area contributed by atoms with Crippen molar-refractivity contribution in [1.82, 2.24) is 5.32 Å². The fourth-order valence-electron chi connectivity index (χ4n) is 1.26. The van der Waals surface area contributed by atoms with Gasteiger partial charge in [-0.25, -0.2) is 0 Å². The van der Waals surface area contributed by atoms with Gasteiger partial charge in [0.25, 0.3) is 0 Å². The van der Waals surface area contributed by atoms with Gasteiger partial charge in [0.05, 0.1) is 0 Å². The number of hydrogen-bond donors (Lipinski definition) is 2. The van der Waals surface area contributed by atoms with Gasteiger partial charge in [0.15, 0.2) is 0 Å². The van der Waals surface area contributed by atoms with E-state index in [1.807, 2.05) is 0 Å². The average Bonchev–Trinajstić information content (AvgIpc) is 2.28. The standard InChI is InChI=1S/C12H17ClN2O/c1-2-8-14-9-7-12(16)15-11-5-3-10(13)4-6-11/h3-6,14H,2,7-9H2,1H3,(H,15,16). The first-order valence-electron chi connectivity index (χ1n) is 5.48. The van der Waals surface area contributed by atoms with Crippen molar-refractivity contribution in [2.45, 2.75) is 19.8 Å². The summed E-state index contributed by atoms with van der Waals surface area (Å²) in [6.07, 6.45) is 1.57. The van der Waals surface area contributed by atoms with Gasteiger partial charge < -0.3 is 10.6 Å². The van der Waals surface area contributed by atoms with Crippen molar-refractivity contribution in [3.8, 4) is 0 Å². The summed E-state index contributed by atoms with van der Waals surface area (Å²) < 4.78 is 0. The van der Waals surface area contributed by atoms with Crippen LogP contribution in [0.1, 0.15) is 19.8 Å². The maximum absolute atomic E-state index is 11.5. The molecule has 0 aliphatic heterocycles. The molecular weight excluding hydrogens is 224 g/mol. The van der Waals surface area contributed by atoms with Crippen LogP contribution in [0.5, 0.6) is 0 Å². The van der Waals surface area contributed by atoms with Crippen LogP contribution in [-0.2, 0) is 4.79 Å². The Bertz CT molecular complexity index is 324. The molecular formula is C12H17ClN2O. The molecule has 0 aliphatic carbocycles. The minimum Gasteiger partial charge on any atom is -0.326 e. The maximum Gasteiger partial charge on any atom is 0.225 e. The zero-order valence-corrected chi connectivity index (χ0v) is 10.2. The van der Waals surface area contributed by atoms with Crippen molar-refractivity contribution in [1.29, 1.82) is 0 Å². The Kier molecular flexibility index (Phi) is 5.90. The Labute approximate surface area is 101 Å². The zero-order valence-electron chi connectivity index (χ0n) is 9.42. The summed E-state index contributed by atoms with van der Waals surface area (Å²) >= 11 is 5.74. The fraction of sp³-hybridized carbons (Fsp3) is 0.417. The summed E-state index contributed by atoms with van der Waals surface area (Å²) in [6, 6.07) is 7.10. The molecule has 3 nitrogen and oxygen atoms in total. The number of hydrogen-bond acceptors (Lipinski definition) is 2. The zero-order chi connectivity index (χ0) is 11.8. The Hall–Kier alpha value is -1.06. The van der Waals surface area contributed by atoms with Gasteiger partial charge in [-0.3, -0.25) is 4.79 Å². The molecule has 1 aromatic rings. The molecule has 0 spiro atoms. The lowest BCUT2D eigenvalue weighted by atomic mass is 10.3. The fourth-order valence-corrected chi connectivity index (χ4v) is 1.39.